The minimum Gasteiger partial charge on any atom is -0.504 e. The Morgan fingerprint density at radius 1 is 1.38 bits per heavy atom. The third kappa shape index (κ3) is 1.09. The van der Waals surface area contributed by atoms with Gasteiger partial charge < -0.3 is 9.52 Å². The normalized spacial score (nSPS) is 10.5. The van der Waals surface area contributed by atoms with Crippen LogP contribution in [0.15, 0.2) is 28.7 Å². The second kappa shape index (κ2) is 2.62. The summed E-state index contributed by atoms with van der Waals surface area (Å²) < 4.78 is 5.16. The highest BCUT2D eigenvalue weighted by Crippen LogP contribution is 2.31. The lowest BCUT2D eigenvalue weighted by Crippen LogP contribution is -1.87. The number of furan rings is 1. The van der Waals surface area contributed by atoms with Gasteiger partial charge in [-0.2, -0.15) is 0 Å². The van der Waals surface area contributed by atoms with E-state index in [1.165, 1.54) is 6.92 Å². The molecule has 0 saturated carbocycles. The number of fused-ring (bicyclic) bond motifs is 1. The molecule has 3 heteroatoms. The van der Waals surface area contributed by atoms with Crippen LogP contribution in [0.3, 0.4) is 0 Å². The second-order valence-electron chi connectivity index (χ2n) is 2.83. The van der Waals surface area contributed by atoms with Gasteiger partial charge in [0.25, 0.3) is 0 Å². The Hall–Kier alpha value is -1.77. The van der Waals surface area contributed by atoms with Crippen LogP contribution in [0.1, 0.15) is 17.5 Å². The zero-order valence-corrected chi connectivity index (χ0v) is 7.07. The van der Waals surface area contributed by atoms with Crippen molar-refractivity contribution in [2.45, 2.75) is 6.92 Å². The summed E-state index contributed by atoms with van der Waals surface area (Å²) in [4.78, 5) is 11.0. The largest absolute Gasteiger partial charge is 0.504 e. The molecule has 0 aliphatic carbocycles. The molecule has 1 N–H and O–H groups in total. The van der Waals surface area contributed by atoms with Crippen molar-refractivity contribution >= 4 is 16.8 Å². The van der Waals surface area contributed by atoms with Crippen LogP contribution < -0.4 is 0 Å². The molecule has 0 spiro atoms. The van der Waals surface area contributed by atoms with E-state index in [9.17, 15) is 9.90 Å². The number of carbonyl (C=O) groups is 1. The van der Waals surface area contributed by atoms with Crippen molar-refractivity contribution in [3.63, 3.8) is 0 Å². The molecule has 0 aliphatic heterocycles. The molecule has 1 heterocycles. The number of para-hydroxylation sites is 1. The number of hydrogen-bond donors (Lipinski definition) is 1. The van der Waals surface area contributed by atoms with Gasteiger partial charge in [-0.3, -0.25) is 4.79 Å². The Morgan fingerprint density at radius 3 is 2.69 bits per heavy atom. The Kier molecular flexibility index (Phi) is 1.59. The van der Waals surface area contributed by atoms with E-state index in [1.54, 1.807) is 24.3 Å². The lowest BCUT2D eigenvalue weighted by Gasteiger charge is -1.87. The summed E-state index contributed by atoms with van der Waals surface area (Å²) in [5, 5.41) is 10.1. The van der Waals surface area contributed by atoms with Crippen molar-refractivity contribution in [3.05, 3.63) is 30.0 Å². The highest BCUT2D eigenvalue weighted by molar-refractivity contribution is 6.01. The molecular formula is C10H8O3. The maximum Gasteiger partial charge on any atom is 0.212 e. The van der Waals surface area contributed by atoms with Gasteiger partial charge in [-0.25, -0.2) is 0 Å². The van der Waals surface area contributed by atoms with Crippen molar-refractivity contribution in [1.82, 2.24) is 0 Å². The second-order valence-corrected chi connectivity index (χ2v) is 2.83. The summed E-state index contributed by atoms with van der Waals surface area (Å²) in [6.07, 6.45) is 0. The van der Waals surface area contributed by atoms with Crippen molar-refractivity contribution in [3.8, 4) is 5.75 Å². The molecule has 1 aromatic carbocycles. The quantitative estimate of drug-likeness (QED) is 0.678. The average Bonchev–Trinajstić information content (AvgIpc) is 2.45. The summed E-state index contributed by atoms with van der Waals surface area (Å²) >= 11 is 0. The van der Waals surface area contributed by atoms with Gasteiger partial charge in [0, 0.05) is 6.92 Å². The van der Waals surface area contributed by atoms with Crippen molar-refractivity contribution in [1.29, 1.82) is 0 Å². The van der Waals surface area contributed by atoms with E-state index in [-0.39, 0.29) is 17.3 Å². The van der Waals surface area contributed by atoms with Crippen LogP contribution in [0, 0.1) is 0 Å². The number of ketones is 1. The van der Waals surface area contributed by atoms with E-state index < -0.39 is 0 Å². The lowest BCUT2D eigenvalue weighted by molar-refractivity contribution is 0.0985. The Bertz CT molecular complexity index is 468. The summed E-state index contributed by atoms with van der Waals surface area (Å²) in [5.74, 6) is -0.307. The van der Waals surface area contributed by atoms with Crippen LogP contribution in [0.25, 0.3) is 11.0 Å². The first-order chi connectivity index (χ1) is 6.20. The van der Waals surface area contributed by atoms with Crippen molar-refractivity contribution < 1.29 is 14.3 Å². The average molecular weight is 176 g/mol. The summed E-state index contributed by atoms with van der Waals surface area (Å²) in [6, 6.07) is 6.98. The summed E-state index contributed by atoms with van der Waals surface area (Å²) in [6.45, 7) is 1.36. The van der Waals surface area contributed by atoms with Crippen molar-refractivity contribution in [2.24, 2.45) is 0 Å². The minimum atomic E-state index is -0.270. The molecule has 0 saturated heterocycles. The zero-order chi connectivity index (χ0) is 9.42. The van der Waals surface area contributed by atoms with Crippen LogP contribution in [-0.2, 0) is 0 Å². The zero-order valence-electron chi connectivity index (χ0n) is 7.07. The van der Waals surface area contributed by atoms with Gasteiger partial charge in [-0.15, -0.1) is 0 Å². The fraction of sp³-hybridized carbons (Fsp3) is 0.100. The van der Waals surface area contributed by atoms with Crippen LogP contribution in [0.4, 0.5) is 0 Å². The van der Waals surface area contributed by atoms with E-state index in [0.29, 0.717) is 11.0 Å². The van der Waals surface area contributed by atoms with Gasteiger partial charge in [-0.1, -0.05) is 12.1 Å². The van der Waals surface area contributed by atoms with E-state index in [1.807, 2.05) is 0 Å². The van der Waals surface area contributed by atoms with Crippen LogP contribution >= 0.6 is 0 Å². The maximum absolute atomic E-state index is 11.0. The highest BCUT2D eigenvalue weighted by atomic mass is 16.4. The van der Waals surface area contributed by atoms with Crippen LogP contribution in [-0.4, -0.2) is 10.9 Å². The monoisotopic (exact) mass is 176 g/mol. The van der Waals surface area contributed by atoms with Crippen molar-refractivity contribution in [2.75, 3.05) is 0 Å². The molecule has 1 aromatic heterocycles. The first-order valence-corrected chi connectivity index (χ1v) is 3.91. The third-order valence-electron chi connectivity index (χ3n) is 1.89. The molecule has 2 aromatic rings. The molecule has 0 fully saturated rings. The predicted molar refractivity (Wildman–Crippen MR) is 47.9 cm³/mol. The molecule has 13 heavy (non-hydrogen) atoms. The molecule has 2 rings (SSSR count). The van der Waals surface area contributed by atoms with Gasteiger partial charge in [0.1, 0.15) is 5.58 Å². The first-order valence-electron chi connectivity index (χ1n) is 3.91. The number of rotatable bonds is 1. The van der Waals surface area contributed by atoms with E-state index in [0.717, 1.165) is 0 Å². The van der Waals surface area contributed by atoms with Crippen LogP contribution in [0.5, 0.6) is 5.75 Å². The molecule has 0 radical (unpaired) electrons. The SMILES string of the molecule is CC(=O)c1oc2ccccc2c1O. The molecule has 66 valence electrons. The van der Waals surface area contributed by atoms with Gasteiger partial charge in [-0.05, 0) is 12.1 Å². The minimum absolute atomic E-state index is 0.0289. The number of hydrogen-bond acceptors (Lipinski definition) is 3. The number of carbonyl (C=O) groups excluding carboxylic acids is 1. The fourth-order valence-corrected chi connectivity index (χ4v) is 1.27. The fourth-order valence-electron chi connectivity index (χ4n) is 1.27. The van der Waals surface area contributed by atoms with E-state index in [4.69, 9.17) is 4.42 Å². The van der Waals surface area contributed by atoms with Gasteiger partial charge >= 0.3 is 0 Å². The third-order valence-corrected chi connectivity index (χ3v) is 1.89. The molecule has 0 atom stereocenters. The highest BCUT2D eigenvalue weighted by Gasteiger charge is 2.15. The Labute approximate surface area is 74.6 Å². The standard InChI is InChI=1S/C10H8O3/c1-6(11)10-9(12)7-4-2-3-5-8(7)13-10/h2-5,12H,1H3. The molecule has 3 nitrogen and oxygen atoms in total. The van der Waals surface area contributed by atoms with E-state index in [2.05, 4.69) is 0 Å². The number of aromatic hydroxyl groups is 1. The van der Waals surface area contributed by atoms with Gasteiger partial charge in [0.2, 0.25) is 5.76 Å². The smallest absolute Gasteiger partial charge is 0.212 e. The first kappa shape index (κ1) is 7.86. The molecule has 0 bridgehead atoms. The Balaban J connectivity index is 2.81. The summed E-state index contributed by atoms with van der Waals surface area (Å²) in [5.41, 5.74) is 0.533. The Morgan fingerprint density at radius 2 is 2.08 bits per heavy atom. The molecule has 0 amide bonds. The maximum atomic E-state index is 11.0. The topological polar surface area (TPSA) is 50.4 Å². The number of Topliss-reactive ketones (excluding diaryl/α,β-unsaturated/α-hetero) is 1. The van der Waals surface area contributed by atoms with E-state index >= 15 is 0 Å². The molecule has 0 unspecified atom stereocenters. The van der Waals surface area contributed by atoms with Crippen LogP contribution in [0.2, 0.25) is 0 Å². The molecular weight excluding hydrogens is 168 g/mol. The molecule has 0 aliphatic rings. The number of benzene rings is 1. The lowest BCUT2D eigenvalue weighted by atomic mass is 10.2. The van der Waals surface area contributed by atoms with Gasteiger partial charge in [0.05, 0.1) is 5.39 Å². The summed E-state index contributed by atoms with van der Waals surface area (Å²) in [7, 11) is 0. The predicted octanol–water partition coefficient (Wildman–Crippen LogP) is 2.34. The van der Waals surface area contributed by atoms with Gasteiger partial charge in [0.15, 0.2) is 11.5 Å².